The molecule has 3 heterocycles. The number of piperidine rings is 1. The van der Waals surface area contributed by atoms with E-state index in [0.717, 1.165) is 37.9 Å². The van der Waals surface area contributed by atoms with E-state index < -0.39 is 0 Å². The third-order valence-corrected chi connectivity index (χ3v) is 3.88. The predicted molar refractivity (Wildman–Crippen MR) is 76.7 cm³/mol. The molecule has 0 aliphatic carbocycles. The molecule has 2 aliphatic heterocycles. The molecule has 4 nitrogen and oxygen atoms in total. The van der Waals surface area contributed by atoms with Crippen LogP contribution in [0.5, 0.6) is 5.75 Å². The fourth-order valence-electron chi connectivity index (χ4n) is 2.97. The van der Waals surface area contributed by atoms with Crippen LogP contribution in [-0.4, -0.2) is 37.3 Å². The maximum Gasteiger partial charge on any atom is 0.139 e. The molecular weight excluding hydrogens is 238 g/mol. The number of pyridine rings is 1. The molecule has 2 bridgehead atoms. The highest BCUT2D eigenvalue weighted by Gasteiger charge is 2.32. The van der Waals surface area contributed by atoms with E-state index in [2.05, 4.69) is 35.1 Å². The van der Waals surface area contributed by atoms with Crippen LogP contribution in [0.3, 0.4) is 0 Å². The van der Waals surface area contributed by atoms with Crippen molar-refractivity contribution in [3.8, 4) is 5.75 Å². The molecule has 2 aliphatic rings. The van der Waals surface area contributed by atoms with E-state index in [-0.39, 0.29) is 0 Å². The minimum absolute atomic E-state index is 0.540. The van der Waals surface area contributed by atoms with Crippen molar-refractivity contribution in [1.82, 2.24) is 10.3 Å². The number of hydrogen-bond donors (Lipinski definition) is 1. The lowest BCUT2D eigenvalue weighted by Gasteiger charge is -2.32. The average Bonchev–Trinajstić information content (AvgIpc) is 2.75. The number of aromatic nitrogens is 1. The summed E-state index contributed by atoms with van der Waals surface area (Å²) in [5.74, 6) is 2.22. The van der Waals surface area contributed by atoms with Crippen LogP contribution in [-0.2, 0) is 0 Å². The number of rotatable bonds is 4. The van der Waals surface area contributed by atoms with Crippen molar-refractivity contribution < 1.29 is 4.74 Å². The lowest BCUT2D eigenvalue weighted by atomic mass is 10.00. The van der Waals surface area contributed by atoms with Gasteiger partial charge in [0.1, 0.15) is 5.75 Å². The molecular formula is C15H23N3O. The number of nitrogens with one attached hydrogen (secondary N) is 1. The monoisotopic (exact) mass is 261 g/mol. The number of hydrogen-bond acceptors (Lipinski definition) is 4. The fraction of sp³-hybridized carbons (Fsp3) is 0.667. The maximum absolute atomic E-state index is 5.76. The van der Waals surface area contributed by atoms with Crippen molar-refractivity contribution in [3.05, 3.63) is 18.5 Å². The Morgan fingerprint density at radius 2 is 2.32 bits per heavy atom. The molecule has 0 aromatic carbocycles. The Morgan fingerprint density at radius 3 is 3.11 bits per heavy atom. The molecule has 2 atom stereocenters. The van der Waals surface area contributed by atoms with E-state index in [9.17, 15) is 0 Å². The average molecular weight is 261 g/mol. The Bertz CT molecular complexity index is 423. The van der Waals surface area contributed by atoms with Crippen molar-refractivity contribution in [1.29, 1.82) is 0 Å². The first-order valence-electron chi connectivity index (χ1n) is 7.27. The normalized spacial score (nSPS) is 25.9. The summed E-state index contributed by atoms with van der Waals surface area (Å²) in [7, 11) is 0. The predicted octanol–water partition coefficient (Wildman–Crippen LogP) is 1.91. The van der Waals surface area contributed by atoms with Crippen LogP contribution in [0.1, 0.15) is 20.3 Å². The van der Waals surface area contributed by atoms with Gasteiger partial charge in [0.2, 0.25) is 0 Å². The van der Waals surface area contributed by atoms with Crippen molar-refractivity contribution in [3.63, 3.8) is 0 Å². The number of nitrogens with zero attached hydrogens (tertiary/aromatic N) is 2. The fourth-order valence-corrected chi connectivity index (χ4v) is 2.97. The molecule has 1 N–H and O–H groups in total. The summed E-state index contributed by atoms with van der Waals surface area (Å²) in [6.45, 7) is 8.46. The summed E-state index contributed by atoms with van der Waals surface area (Å²) >= 11 is 0. The number of anilines is 1. The lowest BCUT2D eigenvalue weighted by molar-refractivity contribution is 0.270. The summed E-state index contributed by atoms with van der Waals surface area (Å²) in [5, 5.41) is 3.58. The number of ether oxygens (including phenoxy) is 1. The highest BCUT2D eigenvalue weighted by Crippen LogP contribution is 2.28. The lowest BCUT2D eigenvalue weighted by Crippen LogP contribution is -2.41. The van der Waals surface area contributed by atoms with Crippen LogP contribution in [0.15, 0.2) is 18.5 Å². The number of fused-ring (bicyclic) bond motifs is 2. The maximum atomic E-state index is 5.76. The largest absolute Gasteiger partial charge is 0.492 e. The van der Waals surface area contributed by atoms with Crippen LogP contribution >= 0.6 is 0 Å². The van der Waals surface area contributed by atoms with Gasteiger partial charge in [-0.25, -0.2) is 0 Å². The van der Waals surface area contributed by atoms with E-state index in [1.807, 2.05) is 12.4 Å². The van der Waals surface area contributed by atoms with Crippen LogP contribution in [0.2, 0.25) is 0 Å². The molecule has 2 unspecified atom stereocenters. The Balaban J connectivity index is 1.68. The van der Waals surface area contributed by atoms with Gasteiger partial charge in [0.15, 0.2) is 0 Å². The van der Waals surface area contributed by atoms with E-state index in [4.69, 9.17) is 4.74 Å². The van der Waals surface area contributed by atoms with Crippen molar-refractivity contribution >= 4 is 5.69 Å². The second-order valence-corrected chi connectivity index (χ2v) is 6.20. The van der Waals surface area contributed by atoms with Gasteiger partial charge in [0.25, 0.3) is 0 Å². The summed E-state index contributed by atoms with van der Waals surface area (Å²) in [4.78, 5) is 6.76. The molecule has 0 amide bonds. The summed E-state index contributed by atoms with van der Waals surface area (Å²) < 4.78 is 5.76. The highest BCUT2D eigenvalue weighted by atomic mass is 16.5. The van der Waals surface area contributed by atoms with Crippen LogP contribution < -0.4 is 15.0 Å². The first kappa shape index (κ1) is 12.7. The first-order chi connectivity index (χ1) is 9.20. The molecule has 1 aromatic heterocycles. The third kappa shape index (κ3) is 3.00. The Morgan fingerprint density at radius 1 is 1.42 bits per heavy atom. The molecule has 104 valence electrons. The quantitative estimate of drug-likeness (QED) is 0.898. The molecule has 2 saturated heterocycles. The zero-order chi connectivity index (χ0) is 13.2. The zero-order valence-corrected chi connectivity index (χ0v) is 11.8. The first-order valence-corrected chi connectivity index (χ1v) is 7.27. The van der Waals surface area contributed by atoms with Crippen molar-refractivity contribution in [2.45, 2.75) is 26.3 Å². The summed E-state index contributed by atoms with van der Waals surface area (Å²) in [6.07, 6.45) is 5.09. The second-order valence-electron chi connectivity index (χ2n) is 6.20. The minimum atomic E-state index is 0.540. The Kier molecular flexibility index (Phi) is 3.60. The zero-order valence-electron chi connectivity index (χ0n) is 11.8. The molecule has 19 heavy (non-hydrogen) atoms. The summed E-state index contributed by atoms with van der Waals surface area (Å²) in [6, 6.07) is 2.78. The minimum Gasteiger partial charge on any atom is -0.492 e. The second kappa shape index (κ2) is 5.37. The third-order valence-electron chi connectivity index (χ3n) is 3.88. The molecule has 4 heteroatoms. The van der Waals surface area contributed by atoms with Gasteiger partial charge < -0.3 is 15.0 Å². The van der Waals surface area contributed by atoms with Gasteiger partial charge in [0.05, 0.1) is 24.7 Å². The van der Waals surface area contributed by atoms with Gasteiger partial charge in [0, 0.05) is 31.7 Å². The molecule has 3 rings (SSSR count). The Labute approximate surface area is 115 Å². The van der Waals surface area contributed by atoms with Gasteiger partial charge in [-0.3, -0.25) is 4.98 Å². The molecule has 0 spiro atoms. The van der Waals surface area contributed by atoms with E-state index in [0.29, 0.717) is 12.0 Å². The van der Waals surface area contributed by atoms with E-state index in [1.165, 1.54) is 12.1 Å². The van der Waals surface area contributed by atoms with Crippen LogP contribution in [0.4, 0.5) is 5.69 Å². The molecule has 0 radical (unpaired) electrons. The van der Waals surface area contributed by atoms with Crippen molar-refractivity contribution in [2.24, 2.45) is 11.8 Å². The standard InChI is InChI=1S/C15H23N3O/c1-11(2)10-19-15-4-14(6-16-7-15)18-8-12-3-13(9-18)17-5-12/h4,6-7,11-13,17H,3,5,8-10H2,1-2H3. The van der Waals surface area contributed by atoms with E-state index >= 15 is 0 Å². The smallest absolute Gasteiger partial charge is 0.139 e. The molecule has 2 fully saturated rings. The molecule has 1 aromatic rings. The highest BCUT2D eigenvalue weighted by molar-refractivity contribution is 5.49. The molecule has 0 saturated carbocycles. The van der Waals surface area contributed by atoms with Gasteiger partial charge >= 0.3 is 0 Å². The van der Waals surface area contributed by atoms with Crippen LogP contribution in [0, 0.1) is 11.8 Å². The SMILES string of the molecule is CC(C)COc1cncc(N2CC3CNC(C3)C2)c1. The van der Waals surface area contributed by atoms with Gasteiger partial charge in [-0.2, -0.15) is 0 Å². The topological polar surface area (TPSA) is 37.4 Å². The van der Waals surface area contributed by atoms with Crippen LogP contribution in [0.25, 0.3) is 0 Å². The van der Waals surface area contributed by atoms with Crippen molar-refractivity contribution in [2.75, 3.05) is 31.1 Å². The van der Waals surface area contributed by atoms with Gasteiger partial charge in [-0.05, 0) is 18.3 Å². The van der Waals surface area contributed by atoms with Gasteiger partial charge in [-0.1, -0.05) is 13.8 Å². The Hall–Kier alpha value is -1.29. The van der Waals surface area contributed by atoms with Gasteiger partial charge in [-0.15, -0.1) is 0 Å². The summed E-state index contributed by atoms with van der Waals surface area (Å²) in [5.41, 5.74) is 1.19. The van der Waals surface area contributed by atoms with E-state index in [1.54, 1.807) is 0 Å².